The molecule has 0 aromatic heterocycles. The number of fused-ring (bicyclic) bond motifs is 1. The van der Waals surface area contributed by atoms with Crippen LogP contribution in [-0.2, 0) is 11.2 Å². The molecule has 0 atom stereocenters. The zero-order valence-electron chi connectivity index (χ0n) is 14.2. The highest BCUT2D eigenvalue weighted by molar-refractivity contribution is 6.21. The van der Waals surface area contributed by atoms with Crippen molar-refractivity contribution in [3.8, 4) is 0 Å². The van der Waals surface area contributed by atoms with Gasteiger partial charge < -0.3 is 5.32 Å². The Bertz CT molecular complexity index is 836. The van der Waals surface area contributed by atoms with Crippen molar-refractivity contribution in [1.82, 2.24) is 10.2 Å². The summed E-state index contributed by atoms with van der Waals surface area (Å²) in [6, 6.07) is 13.9. The molecule has 0 unspecified atom stereocenters. The van der Waals surface area contributed by atoms with E-state index in [4.69, 9.17) is 0 Å². The third-order valence-electron chi connectivity index (χ3n) is 4.32. The summed E-state index contributed by atoms with van der Waals surface area (Å²) in [7, 11) is 0. The number of carbonyl (C=O) groups excluding carboxylic acids is 3. The van der Waals surface area contributed by atoms with Gasteiger partial charge in [0.1, 0.15) is 5.82 Å². The second-order valence-electron chi connectivity index (χ2n) is 6.11. The van der Waals surface area contributed by atoms with Gasteiger partial charge in [0.15, 0.2) is 0 Å². The Labute approximate surface area is 150 Å². The minimum absolute atomic E-state index is 0.00156. The fraction of sp³-hybridized carbons (Fsp3) is 0.250. The van der Waals surface area contributed by atoms with E-state index in [0.717, 1.165) is 23.8 Å². The highest BCUT2D eigenvalue weighted by atomic mass is 19.1. The van der Waals surface area contributed by atoms with E-state index in [1.807, 2.05) is 30.3 Å². The van der Waals surface area contributed by atoms with Crippen molar-refractivity contribution in [3.63, 3.8) is 0 Å². The summed E-state index contributed by atoms with van der Waals surface area (Å²) >= 11 is 0. The SMILES string of the molecule is O=C(CCN1C(=O)c2cccc(F)c2C1=O)NCCCc1ccccc1. The molecule has 0 fully saturated rings. The lowest BCUT2D eigenvalue weighted by atomic mass is 10.1. The van der Waals surface area contributed by atoms with Crippen LogP contribution in [0.1, 0.15) is 39.1 Å². The van der Waals surface area contributed by atoms with E-state index in [0.29, 0.717) is 6.54 Å². The molecule has 2 aromatic rings. The zero-order valence-corrected chi connectivity index (χ0v) is 14.2. The normalized spacial score (nSPS) is 13.0. The van der Waals surface area contributed by atoms with Crippen LogP contribution in [0.4, 0.5) is 4.39 Å². The van der Waals surface area contributed by atoms with Crippen molar-refractivity contribution in [3.05, 3.63) is 71.0 Å². The predicted octanol–water partition coefficient (Wildman–Crippen LogP) is 2.56. The molecule has 0 radical (unpaired) electrons. The van der Waals surface area contributed by atoms with Crippen molar-refractivity contribution in [2.75, 3.05) is 13.1 Å². The topological polar surface area (TPSA) is 66.5 Å². The van der Waals surface area contributed by atoms with E-state index in [2.05, 4.69) is 5.32 Å². The van der Waals surface area contributed by atoms with Gasteiger partial charge in [-0.3, -0.25) is 19.3 Å². The zero-order chi connectivity index (χ0) is 18.5. The molecular formula is C20H19FN2O3. The highest BCUT2D eigenvalue weighted by Gasteiger charge is 2.37. The Hall–Kier alpha value is -3.02. The van der Waals surface area contributed by atoms with Gasteiger partial charge in [-0.05, 0) is 30.5 Å². The molecule has 0 aliphatic carbocycles. The molecule has 1 aliphatic rings. The number of hydrogen-bond donors (Lipinski definition) is 1. The lowest BCUT2D eigenvalue weighted by molar-refractivity contribution is -0.121. The van der Waals surface area contributed by atoms with Gasteiger partial charge in [-0.25, -0.2) is 4.39 Å². The van der Waals surface area contributed by atoms with Gasteiger partial charge in [0.05, 0.1) is 11.1 Å². The van der Waals surface area contributed by atoms with Crippen LogP contribution in [0.3, 0.4) is 0 Å². The maximum absolute atomic E-state index is 13.8. The fourth-order valence-corrected chi connectivity index (χ4v) is 2.96. The average Bonchev–Trinajstić information content (AvgIpc) is 2.89. The first-order valence-electron chi connectivity index (χ1n) is 8.53. The monoisotopic (exact) mass is 354 g/mol. The van der Waals surface area contributed by atoms with Crippen molar-refractivity contribution < 1.29 is 18.8 Å². The number of carbonyl (C=O) groups is 3. The van der Waals surface area contributed by atoms with Crippen molar-refractivity contribution >= 4 is 17.7 Å². The Morgan fingerprint density at radius 1 is 1.00 bits per heavy atom. The summed E-state index contributed by atoms with van der Waals surface area (Å²) in [5.41, 5.74) is 1.05. The highest BCUT2D eigenvalue weighted by Crippen LogP contribution is 2.25. The third-order valence-corrected chi connectivity index (χ3v) is 4.32. The van der Waals surface area contributed by atoms with E-state index in [1.54, 1.807) is 0 Å². The minimum Gasteiger partial charge on any atom is -0.356 e. The van der Waals surface area contributed by atoms with Gasteiger partial charge in [-0.2, -0.15) is 0 Å². The number of nitrogens with one attached hydrogen (secondary N) is 1. The fourth-order valence-electron chi connectivity index (χ4n) is 2.96. The molecule has 6 heteroatoms. The van der Waals surface area contributed by atoms with Gasteiger partial charge in [0.2, 0.25) is 5.91 Å². The predicted molar refractivity (Wildman–Crippen MR) is 94.2 cm³/mol. The molecule has 2 aromatic carbocycles. The second-order valence-corrected chi connectivity index (χ2v) is 6.11. The van der Waals surface area contributed by atoms with Crippen LogP contribution in [-0.4, -0.2) is 35.7 Å². The van der Waals surface area contributed by atoms with Gasteiger partial charge >= 0.3 is 0 Å². The molecule has 0 spiro atoms. The van der Waals surface area contributed by atoms with Crippen LogP contribution in [0.2, 0.25) is 0 Å². The van der Waals surface area contributed by atoms with Crippen molar-refractivity contribution in [2.45, 2.75) is 19.3 Å². The smallest absolute Gasteiger partial charge is 0.264 e. The molecule has 134 valence electrons. The van der Waals surface area contributed by atoms with E-state index in [1.165, 1.54) is 17.7 Å². The maximum Gasteiger partial charge on any atom is 0.264 e. The standard InChI is InChI=1S/C20H19FN2O3/c21-16-10-4-9-15-18(16)20(26)23(19(15)25)13-11-17(24)22-12-5-8-14-6-2-1-3-7-14/h1-4,6-7,9-10H,5,8,11-13H2,(H,22,24). The molecule has 1 aliphatic heterocycles. The summed E-state index contributed by atoms with van der Waals surface area (Å²) in [4.78, 5) is 37.2. The Kier molecular flexibility index (Phi) is 5.41. The number of rotatable bonds is 7. The molecular weight excluding hydrogens is 335 g/mol. The van der Waals surface area contributed by atoms with E-state index in [9.17, 15) is 18.8 Å². The summed E-state index contributed by atoms with van der Waals surface area (Å²) in [5.74, 6) is -2.19. The van der Waals surface area contributed by atoms with Crippen LogP contribution < -0.4 is 5.32 Å². The number of aryl methyl sites for hydroxylation is 1. The lowest BCUT2D eigenvalue weighted by Crippen LogP contribution is -2.35. The summed E-state index contributed by atoms with van der Waals surface area (Å²) in [6.07, 6.45) is 1.66. The van der Waals surface area contributed by atoms with Crippen LogP contribution in [0, 0.1) is 5.82 Å². The first-order valence-corrected chi connectivity index (χ1v) is 8.53. The number of halogens is 1. The first-order chi connectivity index (χ1) is 12.6. The summed E-state index contributed by atoms with van der Waals surface area (Å²) in [5, 5.41) is 2.78. The van der Waals surface area contributed by atoms with Crippen LogP contribution in [0.5, 0.6) is 0 Å². The van der Waals surface area contributed by atoms with Gasteiger partial charge in [0, 0.05) is 19.5 Å². The maximum atomic E-state index is 13.8. The van der Waals surface area contributed by atoms with Crippen molar-refractivity contribution in [1.29, 1.82) is 0 Å². The van der Waals surface area contributed by atoms with E-state index in [-0.39, 0.29) is 30.0 Å². The van der Waals surface area contributed by atoms with E-state index < -0.39 is 17.6 Å². The molecule has 1 N–H and O–H groups in total. The quantitative estimate of drug-likeness (QED) is 0.614. The molecule has 5 nitrogen and oxygen atoms in total. The Balaban J connectivity index is 1.44. The van der Waals surface area contributed by atoms with Crippen LogP contribution >= 0.6 is 0 Å². The third kappa shape index (κ3) is 3.79. The Morgan fingerprint density at radius 2 is 1.77 bits per heavy atom. The molecule has 0 bridgehead atoms. The first kappa shape index (κ1) is 17.8. The van der Waals surface area contributed by atoms with Crippen LogP contribution in [0.25, 0.3) is 0 Å². The largest absolute Gasteiger partial charge is 0.356 e. The number of imide groups is 1. The lowest BCUT2D eigenvalue weighted by Gasteiger charge is -2.13. The Morgan fingerprint density at radius 3 is 2.50 bits per heavy atom. The number of hydrogen-bond acceptors (Lipinski definition) is 3. The molecule has 3 rings (SSSR count). The number of amides is 3. The molecule has 1 heterocycles. The number of nitrogens with zero attached hydrogens (tertiary/aromatic N) is 1. The summed E-state index contributed by atoms with van der Waals surface area (Å²) in [6.45, 7) is 0.459. The number of benzene rings is 2. The van der Waals surface area contributed by atoms with E-state index >= 15 is 0 Å². The second kappa shape index (κ2) is 7.91. The molecule has 26 heavy (non-hydrogen) atoms. The minimum atomic E-state index is -0.714. The summed E-state index contributed by atoms with van der Waals surface area (Å²) < 4.78 is 13.8. The van der Waals surface area contributed by atoms with Gasteiger partial charge in [-0.15, -0.1) is 0 Å². The molecule has 3 amide bonds. The van der Waals surface area contributed by atoms with Gasteiger partial charge in [-0.1, -0.05) is 36.4 Å². The molecule has 0 saturated carbocycles. The van der Waals surface area contributed by atoms with Crippen LogP contribution in [0.15, 0.2) is 48.5 Å². The van der Waals surface area contributed by atoms with Crippen molar-refractivity contribution in [2.24, 2.45) is 0 Å². The van der Waals surface area contributed by atoms with Gasteiger partial charge in [0.25, 0.3) is 11.8 Å². The average molecular weight is 354 g/mol. The molecule has 0 saturated heterocycles.